The normalized spacial score (nSPS) is 17.0. The van der Waals surface area contributed by atoms with Crippen molar-refractivity contribution in [2.45, 2.75) is 6.10 Å². The van der Waals surface area contributed by atoms with Gasteiger partial charge >= 0.3 is 0 Å². The zero-order chi connectivity index (χ0) is 8.39. The molecule has 0 atom stereocenters. The van der Waals surface area contributed by atoms with Crippen LogP contribution in [0.25, 0.3) is 0 Å². The SMILES string of the molecule is Nc1cc(OC2COC2)ncn1. The Morgan fingerprint density at radius 2 is 2.33 bits per heavy atom. The molecule has 0 aromatic carbocycles. The number of rotatable bonds is 2. The van der Waals surface area contributed by atoms with Gasteiger partial charge < -0.3 is 15.2 Å². The molecule has 0 saturated carbocycles. The largest absolute Gasteiger partial charge is 0.469 e. The van der Waals surface area contributed by atoms with Crippen molar-refractivity contribution in [1.82, 2.24) is 9.97 Å². The van der Waals surface area contributed by atoms with Gasteiger partial charge in [0.15, 0.2) is 0 Å². The van der Waals surface area contributed by atoms with Crippen LogP contribution in [0, 0.1) is 0 Å². The van der Waals surface area contributed by atoms with Crippen LogP contribution in [0.15, 0.2) is 12.4 Å². The maximum Gasteiger partial charge on any atom is 0.218 e. The van der Waals surface area contributed by atoms with E-state index in [1.54, 1.807) is 6.07 Å². The number of nitrogens with two attached hydrogens (primary N) is 1. The van der Waals surface area contributed by atoms with Gasteiger partial charge in [-0.1, -0.05) is 0 Å². The van der Waals surface area contributed by atoms with Crippen LogP contribution in [0.2, 0.25) is 0 Å². The van der Waals surface area contributed by atoms with E-state index in [2.05, 4.69) is 9.97 Å². The highest BCUT2D eigenvalue weighted by Gasteiger charge is 2.20. The van der Waals surface area contributed by atoms with Gasteiger partial charge in [0.2, 0.25) is 5.88 Å². The first-order valence-electron chi connectivity index (χ1n) is 3.66. The summed E-state index contributed by atoms with van der Waals surface area (Å²) in [4.78, 5) is 7.64. The van der Waals surface area contributed by atoms with Gasteiger partial charge in [-0.2, -0.15) is 0 Å². The van der Waals surface area contributed by atoms with Crippen molar-refractivity contribution in [1.29, 1.82) is 0 Å². The topological polar surface area (TPSA) is 70.3 Å². The average Bonchev–Trinajstić information content (AvgIpc) is 1.97. The van der Waals surface area contributed by atoms with Gasteiger partial charge in [-0.3, -0.25) is 0 Å². The van der Waals surface area contributed by atoms with Crippen LogP contribution in [-0.2, 0) is 4.74 Å². The molecule has 1 saturated heterocycles. The molecule has 1 aliphatic heterocycles. The fourth-order valence-corrected chi connectivity index (χ4v) is 0.871. The Morgan fingerprint density at radius 3 is 2.92 bits per heavy atom. The molecule has 5 nitrogen and oxygen atoms in total. The van der Waals surface area contributed by atoms with Crippen molar-refractivity contribution < 1.29 is 9.47 Å². The summed E-state index contributed by atoms with van der Waals surface area (Å²) >= 11 is 0. The summed E-state index contributed by atoms with van der Waals surface area (Å²) < 4.78 is 10.3. The Balaban J connectivity index is 2.02. The summed E-state index contributed by atoms with van der Waals surface area (Å²) in [6, 6.07) is 1.60. The second kappa shape index (κ2) is 2.94. The lowest BCUT2D eigenvalue weighted by molar-refractivity contribution is -0.0813. The molecule has 5 heteroatoms. The molecule has 0 amide bonds. The van der Waals surface area contributed by atoms with E-state index in [1.165, 1.54) is 6.33 Å². The Kier molecular flexibility index (Phi) is 1.79. The standard InChI is InChI=1S/C7H9N3O2/c8-6-1-7(10-4-9-6)12-5-2-11-3-5/h1,4-5H,2-3H2,(H2,8,9,10). The Bertz CT molecular complexity index is 275. The molecule has 0 bridgehead atoms. The molecule has 1 fully saturated rings. The first-order chi connectivity index (χ1) is 5.84. The van der Waals surface area contributed by atoms with E-state index in [0.29, 0.717) is 24.9 Å². The van der Waals surface area contributed by atoms with Crippen molar-refractivity contribution in [3.63, 3.8) is 0 Å². The highest BCUT2D eigenvalue weighted by atomic mass is 16.6. The fraction of sp³-hybridized carbons (Fsp3) is 0.429. The molecule has 0 spiro atoms. The smallest absolute Gasteiger partial charge is 0.218 e. The van der Waals surface area contributed by atoms with Crippen molar-refractivity contribution >= 4 is 5.82 Å². The second-order valence-electron chi connectivity index (χ2n) is 2.56. The molecule has 0 aliphatic carbocycles. The van der Waals surface area contributed by atoms with Crippen molar-refractivity contribution in [3.05, 3.63) is 12.4 Å². The van der Waals surface area contributed by atoms with E-state index in [0.717, 1.165) is 0 Å². The summed E-state index contributed by atoms with van der Waals surface area (Å²) in [5.41, 5.74) is 5.43. The average molecular weight is 167 g/mol. The molecular weight excluding hydrogens is 158 g/mol. The quantitative estimate of drug-likeness (QED) is 0.662. The van der Waals surface area contributed by atoms with Gasteiger partial charge in [0.1, 0.15) is 18.2 Å². The highest BCUT2D eigenvalue weighted by molar-refractivity contribution is 5.30. The minimum Gasteiger partial charge on any atom is -0.469 e. The first-order valence-corrected chi connectivity index (χ1v) is 3.66. The summed E-state index contributed by atoms with van der Waals surface area (Å²) in [7, 11) is 0. The Hall–Kier alpha value is -1.36. The van der Waals surface area contributed by atoms with E-state index >= 15 is 0 Å². The van der Waals surface area contributed by atoms with Gasteiger partial charge in [0, 0.05) is 6.07 Å². The number of ether oxygens (including phenoxy) is 2. The van der Waals surface area contributed by atoms with Crippen LogP contribution in [0.5, 0.6) is 5.88 Å². The van der Waals surface area contributed by atoms with Crippen LogP contribution in [0.3, 0.4) is 0 Å². The third-order valence-electron chi connectivity index (χ3n) is 1.56. The number of nitrogens with zero attached hydrogens (tertiary/aromatic N) is 2. The van der Waals surface area contributed by atoms with Crippen molar-refractivity contribution in [3.8, 4) is 5.88 Å². The molecule has 1 aromatic heterocycles. The summed E-state index contributed by atoms with van der Waals surface area (Å²) in [6.07, 6.45) is 1.50. The third kappa shape index (κ3) is 1.45. The maximum atomic E-state index is 5.43. The van der Waals surface area contributed by atoms with E-state index in [-0.39, 0.29) is 6.10 Å². The number of anilines is 1. The number of aromatic nitrogens is 2. The van der Waals surface area contributed by atoms with Gasteiger partial charge in [-0.15, -0.1) is 0 Å². The third-order valence-corrected chi connectivity index (χ3v) is 1.56. The van der Waals surface area contributed by atoms with Crippen molar-refractivity contribution in [2.24, 2.45) is 0 Å². The van der Waals surface area contributed by atoms with Gasteiger partial charge in [0.25, 0.3) is 0 Å². The van der Waals surface area contributed by atoms with Crippen LogP contribution >= 0.6 is 0 Å². The maximum absolute atomic E-state index is 5.43. The molecule has 2 rings (SSSR count). The molecule has 0 unspecified atom stereocenters. The van der Waals surface area contributed by atoms with Crippen molar-refractivity contribution in [2.75, 3.05) is 18.9 Å². The molecular formula is C7H9N3O2. The van der Waals surface area contributed by atoms with E-state index in [4.69, 9.17) is 15.2 Å². The van der Waals surface area contributed by atoms with E-state index < -0.39 is 0 Å². The Labute approximate surface area is 69.5 Å². The lowest BCUT2D eigenvalue weighted by atomic mass is 10.3. The second-order valence-corrected chi connectivity index (χ2v) is 2.56. The monoisotopic (exact) mass is 167 g/mol. The summed E-state index contributed by atoms with van der Waals surface area (Å²) in [5, 5.41) is 0. The van der Waals surface area contributed by atoms with E-state index in [9.17, 15) is 0 Å². The van der Waals surface area contributed by atoms with Crippen LogP contribution < -0.4 is 10.5 Å². The lowest BCUT2D eigenvalue weighted by Gasteiger charge is -2.25. The molecule has 64 valence electrons. The molecule has 0 radical (unpaired) electrons. The molecule has 2 N–H and O–H groups in total. The number of hydrogen-bond donors (Lipinski definition) is 1. The molecule has 12 heavy (non-hydrogen) atoms. The van der Waals surface area contributed by atoms with Gasteiger partial charge in [-0.25, -0.2) is 9.97 Å². The van der Waals surface area contributed by atoms with E-state index in [1.807, 2.05) is 0 Å². The first kappa shape index (κ1) is 7.30. The number of hydrogen-bond acceptors (Lipinski definition) is 5. The minimum atomic E-state index is 0.124. The predicted molar refractivity (Wildman–Crippen MR) is 41.7 cm³/mol. The fourth-order valence-electron chi connectivity index (χ4n) is 0.871. The number of nitrogen functional groups attached to an aromatic ring is 1. The predicted octanol–water partition coefficient (Wildman–Crippen LogP) is -0.164. The van der Waals surface area contributed by atoms with Gasteiger partial charge in [-0.05, 0) is 0 Å². The Morgan fingerprint density at radius 1 is 1.50 bits per heavy atom. The highest BCUT2D eigenvalue weighted by Crippen LogP contribution is 2.13. The molecule has 2 heterocycles. The molecule has 1 aliphatic rings. The van der Waals surface area contributed by atoms with Gasteiger partial charge in [0.05, 0.1) is 13.2 Å². The van der Waals surface area contributed by atoms with Crippen LogP contribution in [0.4, 0.5) is 5.82 Å². The van der Waals surface area contributed by atoms with Crippen LogP contribution in [0.1, 0.15) is 0 Å². The minimum absolute atomic E-state index is 0.124. The zero-order valence-corrected chi connectivity index (χ0v) is 6.43. The lowest BCUT2D eigenvalue weighted by Crippen LogP contribution is -2.38. The zero-order valence-electron chi connectivity index (χ0n) is 6.43. The van der Waals surface area contributed by atoms with Crippen LogP contribution in [-0.4, -0.2) is 29.3 Å². The summed E-state index contributed by atoms with van der Waals surface area (Å²) in [5.74, 6) is 0.927. The molecule has 1 aromatic rings. The summed E-state index contributed by atoms with van der Waals surface area (Å²) in [6.45, 7) is 1.26.